The van der Waals surface area contributed by atoms with Crippen LogP contribution in [0.2, 0.25) is 0 Å². The second kappa shape index (κ2) is 4.93. The van der Waals surface area contributed by atoms with Gasteiger partial charge in [0, 0.05) is 0 Å². The summed E-state index contributed by atoms with van der Waals surface area (Å²) < 4.78 is 0. The number of hydrogen-bond acceptors (Lipinski definition) is 5. The quantitative estimate of drug-likeness (QED) is 0.393. The highest BCUT2D eigenvalue weighted by atomic mass is 17.1. The fourth-order valence-electron chi connectivity index (χ4n) is 1.97. The van der Waals surface area contributed by atoms with Gasteiger partial charge >= 0.3 is 11.9 Å². The molecule has 1 fully saturated rings. The van der Waals surface area contributed by atoms with E-state index in [1.54, 1.807) is 6.92 Å². The molecule has 1 rings (SSSR count). The van der Waals surface area contributed by atoms with E-state index in [4.69, 9.17) is 10.4 Å². The lowest BCUT2D eigenvalue weighted by Gasteiger charge is -2.38. The average Bonchev–Trinajstić information content (AvgIpc) is 2.26. The van der Waals surface area contributed by atoms with E-state index in [1.165, 1.54) is 0 Å². The number of piperidine rings is 1. The minimum absolute atomic E-state index is 0.0404. The Hall–Kier alpha value is -1.63. The van der Waals surface area contributed by atoms with Crippen LogP contribution in [0.15, 0.2) is 0 Å². The van der Waals surface area contributed by atoms with Gasteiger partial charge in [-0.05, 0) is 18.8 Å². The molecule has 0 spiro atoms. The van der Waals surface area contributed by atoms with E-state index in [2.05, 4.69) is 4.89 Å². The van der Waals surface area contributed by atoms with Crippen molar-refractivity contribution in [3.05, 3.63) is 0 Å². The molecule has 3 unspecified atom stereocenters. The number of aliphatic carboxylic acids is 1. The lowest BCUT2D eigenvalue weighted by molar-refractivity contribution is -0.241. The zero-order chi connectivity index (χ0) is 12.3. The second-order valence-electron chi connectivity index (χ2n) is 3.91. The van der Waals surface area contributed by atoms with Gasteiger partial charge in [0.15, 0.2) is 0 Å². The van der Waals surface area contributed by atoms with Crippen LogP contribution >= 0.6 is 0 Å². The van der Waals surface area contributed by atoms with Crippen LogP contribution in [0.4, 0.5) is 0 Å². The Kier molecular flexibility index (Phi) is 3.83. The van der Waals surface area contributed by atoms with Crippen molar-refractivity contribution in [3.63, 3.8) is 0 Å². The van der Waals surface area contributed by atoms with Crippen LogP contribution in [-0.4, -0.2) is 45.7 Å². The normalized spacial score (nSPS) is 29.6. The largest absolute Gasteiger partial charge is 0.480 e. The van der Waals surface area contributed by atoms with Gasteiger partial charge < -0.3 is 10.0 Å². The molecule has 1 heterocycles. The molecule has 0 aromatic heterocycles. The predicted octanol–water partition coefficient (Wildman–Crippen LogP) is -0.287. The Morgan fingerprint density at radius 3 is 2.38 bits per heavy atom. The van der Waals surface area contributed by atoms with Crippen molar-refractivity contribution in [2.75, 3.05) is 0 Å². The molecule has 0 radical (unpaired) electrons. The Balaban J connectivity index is 2.93. The second-order valence-corrected chi connectivity index (χ2v) is 3.91. The molecular weight excluding hydrogens is 218 g/mol. The van der Waals surface area contributed by atoms with Gasteiger partial charge in [0.05, 0.1) is 0 Å². The zero-order valence-electron chi connectivity index (χ0n) is 8.70. The SMILES string of the molecule is CC1CC(C(=O)O)N(C=O)C(C(=O)OO)C1. The van der Waals surface area contributed by atoms with Gasteiger partial charge in [-0.25, -0.2) is 9.59 Å². The number of likely N-dealkylation sites (tertiary alicyclic amines) is 1. The lowest BCUT2D eigenvalue weighted by Crippen LogP contribution is -2.54. The first-order valence-corrected chi connectivity index (χ1v) is 4.82. The number of carbonyl (C=O) groups is 3. The van der Waals surface area contributed by atoms with E-state index in [0.29, 0.717) is 6.41 Å². The number of nitrogens with zero attached hydrogens (tertiary/aromatic N) is 1. The van der Waals surface area contributed by atoms with E-state index in [9.17, 15) is 14.4 Å². The monoisotopic (exact) mass is 231 g/mol. The van der Waals surface area contributed by atoms with Crippen LogP contribution in [0.5, 0.6) is 0 Å². The van der Waals surface area contributed by atoms with Crippen LogP contribution in [0, 0.1) is 5.92 Å². The summed E-state index contributed by atoms with van der Waals surface area (Å²) >= 11 is 0. The minimum Gasteiger partial charge on any atom is -0.480 e. The van der Waals surface area contributed by atoms with Crippen LogP contribution in [0.25, 0.3) is 0 Å². The van der Waals surface area contributed by atoms with E-state index in [1.807, 2.05) is 0 Å². The van der Waals surface area contributed by atoms with Gasteiger partial charge in [0.2, 0.25) is 6.41 Å². The number of carboxylic acid groups (broad SMARTS) is 1. The van der Waals surface area contributed by atoms with Gasteiger partial charge in [-0.3, -0.25) is 9.68 Å². The molecule has 0 aromatic carbocycles. The van der Waals surface area contributed by atoms with Crippen molar-refractivity contribution in [1.82, 2.24) is 4.90 Å². The lowest BCUT2D eigenvalue weighted by atomic mass is 9.87. The van der Waals surface area contributed by atoms with E-state index >= 15 is 0 Å². The van der Waals surface area contributed by atoms with Crippen molar-refractivity contribution in [2.45, 2.75) is 31.8 Å². The van der Waals surface area contributed by atoms with E-state index in [0.717, 1.165) is 4.90 Å². The van der Waals surface area contributed by atoms with Gasteiger partial charge in [0.25, 0.3) is 0 Å². The predicted molar refractivity (Wildman–Crippen MR) is 50.2 cm³/mol. The third-order valence-electron chi connectivity index (χ3n) is 2.74. The first kappa shape index (κ1) is 12.4. The summed E-state index contributed by atoms with van der Waals surface area (Å²) in [6.07, 6.45) is 0.859. The average molecular weight is 231 g/mol. The highest BCUT2D eigenvalue weighted by Gasteiger charge is 2.41. The third kappa shape index (κ3) is 2.30. The highest BCUT2D eigenvalue weighted by molar-refractivity contribution is 5.82. The molecule has 16 heavy (non-hydrogen) atoms. The third-order valence-corrected chi connectivity index (χ3v) is 2.74. The van der Waals surface area contributed by atoms with Crippen molar-refractivity contribution in [3.8, 4) is 0 Å². The van der Waals surface area contributed by atoms with Crippen LogP contribution in [0.1, 0.15) is 19.8 Å². The summed E-state index contributed by atoms with van der Waals surface area (Å²) in [5.74, 6) is -2.22. The van der Waals surface area contributed by atoms with Gasteiger partial charge in [0.1, 0.15) is 12.1 Å². The van der Waals surface area contributed by atoms with Crippen molar-refractivity contribution >= 4 is 18.3 Å². The molecule has 0 saturated carbocycles. The first-order chi connectivity index (χ1) is 7.51. The number of rotatable bonds is 3. The van der Waals surface area contributed by atoms with Crippen LogP contribution in [-0.2, 0) is 19.3 Å². The van der Waals surface area contributed by atoms with Gasteiger partial charge in [-0.2, -0.15) is 5.26 Å². The summed E-state index contributed by atoms with van der Waals surface area (Å²) in [6.45, 7) is 1.77. The molecule has 0 aliphatic carbocycles. The summed E-state index contributed by atoms with van der Waals surface area (Å²) in [5, 5.41) is 17.2. The molecule has 7 heteroatoms. The number of carboxylic acids is 1. The van der Waals surface area contributed by atoms with Crippen molar-refractivity contribution < 1.29 is 29.6 Å². The first-order valence-electron chi connectivity index (χ1n) is 4.82. The molecule has 90 valence electrons. The Bertz CT molecular complexity index is 304. The van der Waals surface area contributed by atoms with Gasteiger partial charge in [-0.1, -0.05) is 6.92 Å². The summed E-state index contributed by atoms with van der Waals surface area (Å²) in [4.78, 5) is 37.3. The Morgan fingerprint density at radius 2 is 1.94 bits per heavy atom. The molecule has 1 aliphatic rings. The fraction of sp³-hybridized carbons (Fsp3) is 0.667. The maximum absolute atomic E-state index is 11.2. The van der Waals surface area contributed by atoms with Crippen molar-refractivity contribution in [1.29, 1.82) is 0 Å². The molecule has 0 aromatic rings. The molecule has 3 atom stereocenters. The summed E-state index contributed by atoms with van der Waals surface area (Å²) in [7, 11) is 0. The van der Waals surface area contributed by atoms with Gasteiger partial charge in [-0.15, -0.1) is 0 Å². The number of hydrogen-bond donors (Lipinski definition) is 2. The molecule has 1 saturated heterocycles. The molecular formula is C9H13NO6. The molecule has 7 nitrogen and oxygen atoms in total. The van der Waals surface area contributed by atoms with Crippen LogP contribution in [0.3, 0.4) is 0 Å². The standard InChI is InChI=1S/C9H13NO6/c1-5-2-6(8(12)13)10(4-11)7(3-5)9(14)16-15/h4-7,15H,2-3H2,1H3,(H,12,13). The molecule has 0 bridgehead atoms. The Morgan fingerprint density at radius 1 is 1.38 bits per heavy atom. The highest BCUT2D eigenvalue weighted by Crippen LogP contribution is 2.27. The smallest absolute Gasteiger partial charge is 0.364 e. The maximum atomic E-state index is 11.2. The summed E-state index contributed by atoms with van der Waals surface area (Å²) in [6, 6.07) is -2.09. The van der Waals surface area contributed by atoms with Crippen LogP contribution < -0.4 is 0 Å². The van der Waals surface area contributed by atoms with E-state index in [-0.39, 0.29) is 18.8 Å². The topological polar surface area (TPSA) is 104 Å². The Labute approximate surface area is 91.5 Å². The molecule has 1 aliphatic heterocycles. The fourth-order valence-corrected chi connectivity index (χ4v) is 1.97. The molecule has 1 amide bonds. The van der Waals surface area contributed by atoms with E-state index < -0.39 is 24.0 Å². The maximum Gasteiger partial charge on any atom is 0.364 e. The zero-order valence-corrected chi connectivity index (χ0v) is 8.70. The number of amides is 1. The van der Waals surface area contributed by atoms with Crippen molar-refractivity contribution in [2.24, 2.45) is 5.92 Å². The number of carbonyl (C=O) groups excluding carboxylic acids is 2. The minimum atomic E-state index is -1.17. The molecule has 2 N–H and O–H groups in total. The summed E-state index contributed by atoms with van der Waals surface area (Å²) in [5.41, 5.74) is 0.